The molecule has 1 amide bonds. The summed E-state index contributed by atoms with van der Waals surface area (Å²) in [5.41, 5.74) is 2.48. The zero-order valence-electron chi connectivity index (χ0n) is 17.1. The third-order valence-corrected chi connectivity index (χ3v) is 6.79. The van der Waals surface area contributed by atoms with Crippen LogP contribution in [-0.2, 0) is 28.3 Å². The zero-order valence-corrected chi connectivity index (χ0v) is 17.9. The van der Waals surface area contributed by atoms with Gasteiger partial charge < -0.3 is 9.88 Å². The van der Waals surface area contributed by atoms with Crippen LogP contribution in [0.25, 0.3) is 11.0 Å². The summed E-state index contributed by atoms with van der Waals surface area (Å²) in [6, 6.07) is 14.6. The molecule has 0 aliphatic rings. The Labute approximate surface area is 171 Å². The summed E-state index contributed by atoms with van der Waals surface area (Å²) in [7, 11) is 1.35. The standard InChI is InChI=1S/C21H26N4O3S/c1-15(16-8-6-5-7-9-16)22-21(26)13-12-20-23-18-14-17(29(27,28)24(2)3)10-11-19(18)25(20)4/h5-11,14-15H,12-13H2,1-4H3,(H,22,26)/t15-/m0/s1. The fraction of sp³-hybridized carbons (Fsp3) is 0.333. The van der Waals surface area contributed by atoms with Crippen LogP contribution in [-0.4, -0.2) is 42.3 Å². The van der Waals surface area contributed by atoms with E-state index in [-0.39, 0.29) is 16.8 Å². The second-order valence-corrected chi connectivity index (χ2v) is 9.38. The molecule has 3 rings (SSSR count). The first-order valence-corrected chi connectivity index (χ1v) is 10.9. The molecule has 2 aromatic carbocycles. The fourth-order valence-electron chi connectivity index (χ4n) is 3.19. The molecule has 0 bridgehead atoms. The van der Waals surface area contributed by atoms with E-state index < -0.39 is 10.0 Å². The molecule has 0 aliphatic carbocycles. The van der Waals surface area contributed by atoms with Crippen molar-refractivity contribution in [3.63, 3.8) is 0 Å². The lowest BCUT2D eigenvalue weighted by Crippen LogP contribution is -2.27. The van der Waals surface area contributed by atoms with Gasteiger partial charge in [-0.15, -0.1) is 0 Å². The average molecular weight is 415 g/mol. The van der Waals surface area contributed by atoms with Crippen molar-refractivity contribution in [2.75, 3.05) is 14.1 Å². The Bertz CT molecular complexity index is 1120. The number of aryl methyl sites for hydroxylation is 2. The molecule has 0 unspecified atom stereocenters. The molecule has 1 N–H and O–H groups in total. The van der Waals surface area contributed by atoms with Gasteiger partial charge in [0.2, 0.25) is 15.9 Å². The van der Waals surface area contributed by atoms with Crippen LogP contribution in [0.2, 0.25) is 0 Å². The van der Waals surface area contributed by atoms with E-state index in [4.69, 9.17) is 0 Å². The molecule has 0 spiro atoms. The topological polar surface area (TPSA) is 84.3 Å². The van der Waals surface area contributed by atoms with Crippen molar-refractivity contribution < 1.29 is 13.2 Å². The number of sulfonamides is 1. The van der Waals surface area contributed by atoms with Crippen molar-refractivity contribution >= 4 is 27.0 Å². The molecule has 1 atom stereocenters. The van der Waals surface area contributed by atoms with Crippen LogP contribution in [0.3, 0.4) is 0 Å². The number of rotatable bonds is 7. The Morgan fingerprint density at radius 3 is 2.52 bits per heavy atom. The highest BCUT2D eigenvalue weighted by molar-refractivity contribution is 7.89. The average Bonchev–Trinajstić information content (AvgIpc) is 3.02. The number of benzene rings is 2. The number of amides is 1. The Morgan fingerprint density at radius 2 is 1.86 bits per heavy atom. The maximum Gasteiger partial charge on any atom is 0.242 e. The van der Waals surface area contributed by atoms with Gasteiger partial charge in [-0.1, -0.05) is 30.3 Å². The van der Waals surface area contributed by atoms with Crippen LogP contribution in [0, 0.1) is 0 Å². The number of hydrogen-bond acceptors (Lipinski definition) is 4. The minimum Gasteiger partial charge on any atom is -0.350 e. The van der Waals surface area contributed by atoms with Crippen molar-refractivity contribution in [3.05, 3.63) is 59.9 Å². The highest BCUT2D eigenvalue weighted by atomic mass is 32.2. The largest absolute Gasteiger partial charge is 0.350 e. The number of nitrogens with one attached hydrogen (secondary N) is 1. The summed E-state index contributed by atoms with van der Waals surface area (Å²) in [4.78, 5) is 17.1. The van der Waals surface area contributed by atoms with Crippen LogP contribution in [0.5, 0.6) is 0 Å². The van der Waals surface area contributed by atoms with E-state index >= 15 is 0 Å². The van der Waals surface area contributed by atoms with Gasteiger partial charge in [-0.05, 0) is 30.7 Å². The van der Waals surface area contributed by atoms with Gasteiger partial charge in [-0.3, -0.25) is 4.79 Å². The molecular weight excluding hydrogens is 388 g/mol. The number of imidazole rings is 1. The van der Waals surface area contributed by atoms with Crippen molar-refractivity contribution in [3.8, 4) is 0 Å². The third-order valence-electron chi connectivity index (χ3n) is 4.98. The monoisotopic (exact) mass is 414 g/mol. The molecule has 0 saturated heterocycles. The first-order chi connectivity index (χ1) is 13.7. The lowest BCUT2D eigenvalue weighted by Gasteiger charge is -2.14. The lowest BCUT2D eigenvalue weighted by atomic mass is 10.1. The highest BCUT2D eigenvalue weighted by Gasteiger charge is 2.19. The molecule has 0 saturated carbocycles. The quantitative estimate of drug-likeness (QED) is 0.644. The van der Waals surface area contributed by atoms with Gasteiger partial charge in [0.25, 0.3) is 0 Å². The molecule has 7 nitrogen and oxygen atoms in total. The van der Waals surface area contributed by atoms with Gasteiger partial charge in [-0.25, -0.2) is 17.7 Å². The fourth-order valence-corrected chi connectivity index (χ4v) is 4.11. The number of carbonyl (C=O) groups is 1. The number of carbonyl (C=O) groups excluding carboxylic acids is 1. The van der Waals surface area contributed by atoms with E-state index in [0.717, 1.165) is 16.9 Å². The minimum absolute atomic E-state index is 0.0516. The number of fused-ring (bicyclic) bond motifs is 1. The van der Waals surface area contributed by atoms with E-state index in [2.05, 4.69) is 10.3 Å². The summed E-state index contributed by atoms with van der Waals surface area (Å²) >= 11 is 0. The van der Waals surface area contributed by atoms with Crippen LogP contribution in [0.4, 0.5) is 0 Å². The normalized spacial score (nSPS) is 13.0. The molecule has 1 aromatic heterocycles. The summed E-state index contributed by atoms with van der Waals surface area (Å²) in [6.07, 6.45) is 0.769. The first-order valence-electron chi connectivity index (χ1n) is 9.42. The van der Waals surface area contributed by atoms with Gasteiger partial charge in [0.1, 0.15) is 5.82 Å². The van der Waals surface area contributed by atoms with Crippen LogP contribution in [0.1, 0.15) is 30.8 Å². The van der Waals surface area contributed by atoms with Gasteiger partial charge in [0.05, 0.1) is 22.0 Å². The number of hydrogen-bond donors (Lipinski definition) is 1. The van der Waals surface area contributed by atoms with Crippen molar-refractivity contribution in [2.24, 2.45) is 7.05 Å². The van der Waals surface area contributed by atoms with Crippen LogP contribution in [0.15, 0.2) is 53.4 Å². The van der Waals surface area contributed by atoms with Crippen molar-refractivity contribution in [2.45, 2.75) is 30.7 Å². The Balaban J connectivity index is 1.72. The van der Waals surface area contributed by atoms with Gasteiger partial charge in [0.15, 0.2) is 0 Å². The third kappa shape index (κ3) is 4.49. The molecule has 29 heavy (non-hydrogen) atoms. The van der Waals surface area contributed by atoms with E-state index in [9.17, 15) is 13.2 Å². The van der Waals surface area contributed by atoms with Gasteiger partial charge in [-0.2, -0.15) is 0 Å². The smallest absolute Gasteiger partial charge is 0.242 e. The second kappa shape index (κ2) is 8.34. The van der Waals surface area contributed by atoms with Crippen LogP contribution >= 0.6 is 0 Å². The van der Waals surface area contributed by atoms with E-state index in [1.54, 1.807) is 18.2 Å². The SMILES string of the molecule is C[C@H](NC(=O)CCc1nc2cc(S(=O)(=O)N(C)C)ccc2n1C)c1ccccc1. The van der Waals surface area contributed by atoms with Gasteiger partial charge in [0, 0.05) is 34.0 Å². The van der Waals surface area contributed by atoms with E-state index in [0.29, 0.717) is 18.4 Å². The molecule has 0 aliphatic heterocycles. The maximum atomic E-state index is 12.4. The summed E-state index contributed by atoms with van der Waals surface area (Å²) < 4.78 is 27.8. The molecule has 0 radical (unpaired) electrons. The van der Waals surface area contributed by atoms with Crippen molar-refractivity contribution in [1.82, 2.24) is 19.2 Å². The number of aromatic nitrogens is 2. The predicted octanol–water partition coefficient (Wildman–Crippen LogP) is 2.63. The van der Waals surface area contributed by atoms with Crippen molar-refractivity contribution in [1.29, 1.82) is 0 Å². The maximum absolute atomic E-state index is 12.4. The zero-order chi connectivity index (χ0) is 21.2. The second-order valence-electron chi connectivity index (χ2n) is 7.22. The summed E-state index contributed by atoms with van der Waals surface area (Å²) in [6.45, 7) is 1.95. The summed E-state index contributed by atoms with van der Waals surface area (Å²) in [5, 5.41) is 3.00. The predicted molar refractivity (Wildman–Crippen MR) is 113 cm³/mol. The molecule has 8 heteroatoms. The molecule has 3 aromatic rings. The van der Waals surface area contributed by atoms with E-state index in [1.165, 1.54) is 18.4 Å². The minimum atomic E-state index is -3.52. The Morgan fingerprint density at radius 1 is 1.17 bits per heavy atom. The number of nitrogens with zero attached hydrogens (tertiary/aromatic N) is 3. The first kappa shape index (κ1) is 21.0. The summed E-state index contributed by atoms with van der Waals surface area (Å²) in [5.74, 6) is 0.686. The van der Waals surface area contributed by atoms with Crippen LogP contribution < -0.4 is 5.32 Å². The molecular formula is C21H26N4O3S. The molecule has 154 valence electrons. The van der Waals surface area contributed by atoms with Gasteiger partial charge >= 0.3 is 0 Å². The molecule has 1 heterocycles. The molecule has 0 fully saturated rings. The highest BCUT2D eigenvalue weighted by Crippen LogP contribution is 2.22. The Hall–Kier alpha value is -2.71. The lowest BCUT2D eigenvalue weighted by molar-refractivity contribution is -0.121. The van der Waals surface area contributed by atoms with E-state index in [1.807, 2.05) is 48.9 Å². The Kier molecular flexibility index (Phi) is 6.04.